The van der Waals surface area contributed by atoms with Gasteiger partial charge in [-0.25, -0.2) is 13.6 Å². The van der Waals surface area contributed by atoms with Crippen LogP contribution in [0.5, 0.6) is 0 Å². The highest BCUT2D eigenvalue weighted by molar-refractivity contribution is 7.89. The second kappa shape index (κ2) is 5.69. The van der Waals surface area contributed by atoms with Gasteiger partial charge < -0.3 is 4.90 Å². The minimum atomic E-state index is -3.87. The van der Waals surface area contributed by atoms with E-state index in [1.165, 1.54) is 23.1 Å². The molecule has 0 spiro atoms. The van der Waals surface area contributed by atoms with E-state index >= 15 is 0 Å². The van der Waals surface area contributed by atoms with Crippen LogP contribution in [0.2, 0.25) is 5.02 Å². The number of carbonyl (C=O) groups excluding carboxylic acids is 1. The predicted molar refractivity (Wildman–Crippen MR) is 70.1 cm³/mol. The molecule has 1 aromatic rings. The lowest BCUT2D eigenvalue weighted by Crippen LogP contribution is -2.27. The molecule has 2 N–H and O–H groups in total. The van der Waals surface area contributed by atoms with Gasteiger partial charge in [-0.15, -0.1) is 0 Å². The molecular formula is C11H15ClN2O3S. The first-order chi connectivity index (χ1) is 8.25. The summed E-state index contributed by atoms with van der Waals surface area (Å²) in [6.45, 7) is 2.52. The molecule has 0 heterocycles. The zero-order valence-electron chi connectivity index (χ0n) is 10.2. The second-order valence-corrected chi connectivity index (χ2v) is 5.95. The number of nitrogens with zero attached hydrogens (tertiary/aromatic N) is 1. The second-order valence-electron chi connectivity index (χ2n) is 3.95. The van der Waals surface area contributed by atoms with Crippen molar-refractivity contribution >= 4 is 27.5 Å². The van der Waals surface area contributed by atoms with Crippen LogP contribution in [0, 0.1) is 0 Å². The summed E-state index contributed by atoms with van der Waals surface area (Å²) in [5.41, 5.74) is 0.211. The van der Waals surface area contributed by atoms with Crippen molar-refractivity contribution in [2.75, 3.05) is 13.6 Å². The SMILES string of the molecule is CCCN(C)C(=O)c1cc(Cl)cc(S(N)(=O)=O)c1. The molecular weight excluding hydrogens is 276 g/mol. The molecule has 0 unspecified atom stereocenters. The Morgan fingerprint density at radius 3 is 2.50 bits per heavy atom. The summed E-state index contributed by atoms with van der Waals surface area (Å²) >= 11 is 5.79. The van der Waals surface area contributed by atoms with E-state index in [1.54, 1.807) is 7.05 Å². The minimum Gasteiger partial charge on any atom is -0.342 e. The number of hydrogen-bond donors (Lipinski definition) is 1. The number of halogens is 1. The van der Waals surface area contributed by atoms with Crippen LogP contribution in [0.25, 0.3) is 0 Å². The number of hydrogen-bond acceptors (Lipinski definition) is 3. The highest BCUT2D eigenvalue weighted by Crippen LogP contribution is 2.19. The lowest BCUT2D eigenvalue weighted by molar-refractivity contribution is 0.0795. The van der Waals surface area contributed by atoms with Gasteiger partial charge in [-0.05, 0) is 24.6 Å². The molecule has 0 saturated carbocycles. The number of amides is 1. The van der Waals surface area contributed by atoms with Gasteiger partial charge in [0.1, 0.15) is 0 Å². The molecule has 0 bridgehead atoms. The minimum absolute atomic E-state index is 0.162. The first kappa shape index (κ1) is 14.9. The van der Waals surface area contributed by atoms with E-state index in [0.717, 1.165) is 6.42 Å². The van der Waals surface area contributed by atoms with Crippen LogP contribution < -0.4 is 5.14 Å². The molecule has 0 atom stereocenters. The van der Waals surface area contributed by atoms with Gasteiger partial charge in [-0.1, -0.05) is 18.5 Å². The van der Waals surface area contributed by atoms with Crippen molar-refractivity contribution in [3.05, 3.63) is 28.8 Å². The average Bonchev–Trinajstić information content (AvgIpc) is 2.26. The Kier molecular flexibility index (Phi) is 4.72. The predicted octanol–water partition coefficient (Wildman–Crippen LogP) is 1.47. The monoisotopic (exact) mass is 290 g/mol. The maximum absolute atomic E-state index is 12.0. The fourth-order valence-corrected chi connectivity index (χ4v) is 2.39. The zero-order chi connectivity index (χ0) is 13.9. The van der Waals surface area contributed by atoms with Crippen molar-refractivity contribution in [2.45, 2.75) is 18.2 Å². The van der Waals surface area contributed by atoms with Crippen molar-refractivity contribution in [2.24, 2.45) is 5.14 Å². The maximum atomic E-state index is 12.0. The molecule has 0 aliphatic heterocycles. The molecule has 7 heteroatoms. The largest absolute Gasteiger partial charge is 0.342 e. The molecule has 0 radical (unpaired) electrons. The van der Waals surface area contributed by atoms with Gasteiger partial charge in [0.05, 0.1) is 4.90 Å². The summed E-state index contributed by atoms with van der Waals surface area (Å²) in [7, 11) is -2.23. The fourth-order valence-electron chi connectivity index (χ4n) is 1.51. The molecule has 1 aromatic carbocycles. The van der Waals surface area contributed by atoms with Crippen LogP contribution in [0.3, 0.4) is 0 Å². The van der Waals surface area contributed by atoms with Crippen molar-refractivity contribution in [1.29, 1.82) is 0 Å². The summed E-state index contributed by atoms with van der Waals surface area (Å²) in [6, 6.07) is 3.87. The highest BCUT2D eigenvalue weighted by Gasteiger charge is 2.16. The quantitative estimate of drug-likeness (QED) is 0.912. The average molecular weight is 291 g/mol. The number of primary sulfonamides is 1. The number of rotatable bonds is 4. The topological polar surface area (TPSA) is 80.5 Å². The third-order valence-electron chi connectivity index (χ3n) is 2.35. The van der Waals surface area contributed by atoms with E-state index < -0.39 is 10.0 Å². The standard InChI is InChI=1S/C11H15ClN2O3S/c1-3-4-14(2)11(15)8-5-9(12)7-10(6-8)18(13,16)17/h5-7H,3-4H2,1-2H3,(H2,13,16,17). The number of sulfonamides is 1. The van der Waals surface area contributed by atoms with Crippen molar-refractivity contribution in [3.63, 3.8) is 0 Å². The van der Waals surface area contributed by atoms with Crippen LogP contribution in [0.15, 0.2) is 23.1 Å². The summed E-state index contributed by atoms with van der Waals surface area (Å²) in [4.78, 5) is 13.3. The first-order valence-electron chi connectivity index (χ1n) is 5.34. The lowest BCUT2D eigenvalue weighted by Gasteiger charge is -2.16. The van der Waals surface area contributed by atoms with E-state index in [1.807, 2.05) is 6.92 Å². The maximum Gasteiger partial charge on any atom is 0.253 e. The Morgan fingerprint density at radius 1 is 1.39 bits per heavy atom. The van der Waals surface area contributed by atoms with Gasteiger partial charge in [0.15, 0.2) is 0 Å². The van der Waals surface area contributed by atoms with Gasteiger partial charge in [-0.2, -0.15) is 0 Å². The normalized spacial score (nSPS) is 11.3. The van der Waals surface area contributed by atoms with Crippen LogP contribution in [-0.4, -0.2) is 32.8 Å². The van der Waals surface area contributed by atoms with Gasteiger partial charge in [-0.3, -0.25) is 4.79 Å². The summed E-state index contributed by atoms with van der Waals surface area (Å²) in [5, 5.41) is 5.18. The Bertz CT molecular complexity index is 557. The van der Waals surface area contributed by atoms with Gasteiger partial charge in [0.2, 0.25) is 10.0 Å². The van der Waals surface area contributed by atoms with Gasteiger partial charge >= 0.3 is 0 Å². The molecule has 1 amide bonds. The van der Waals surface area contributed by atoms with E-state index in [4.69, 9.17) is 16.7 Å². The lowest BCUT2D eigenvalue weighted by atomic mass is 10.2. The van der Waals surface area contributed by atoms with Crippen LogP contribution >= 0.6 is 11.6 Å². The molecule has 100 valence electrons. The van der Waals surface area contributed by atoms with E-state index in [0.29, 0.717) is 6.54 Å². The Morgan fingerprint density at radius 2 is 2.00 bits per heavy atom. The molecule has 5 nitrogen and oxygen atoms in total. The van der Waals surface area contributed by atoms with Gasteiger partial charge in [0.25, 0.3) is 5.91 Å². The first-order valence-corrected chi connectivity index (χ1v) is 7.27. The summed E-state index contributed by atoms with van der Waals surface area (Å²) in [6.07, 6.45) is 0.810. The molecule has 0 aliphatic carbocycles. The molecule has 0 saturated heterocycles. The number of benzene rings is 1. The fraction of sp³-hybridized carbons (Fsp3) is 0.364. The van der Waals surface area contributed by atoms with Crippen molar-refractivity contribution in [3.8, 4) is 0 Å². The van der Waals surface area contributed by atoms with Crippen LogP contribution in [0.1, 0.15) is 23.7 Å². The summed E-state index contributed by atoms with van der Waals surface area (Å²) < 4.78 is 22.5. The third-order valence-corrected chi connectivity index (χ3v) is 3.46. The van der Waals surface area contributed by atoms with E-state index in [2.05, 4.69) is 0 Å². The Labute approximate surface area is 112 Å². The smallest absolute Gasteiger partial charge is 0.253 e. The Hall–Kier alpha value is -1.11. The molecule has 0 aromatic heterocycles. The van der Waals surface area contributed by atoms with Crippen molar-refractivity contribution < 1.29 is 13.2 Å². The number of carbonyl (C=O) groups is 1. The summed E-state index contributed by atoms with van der Waals surface area (Å²) in [5.74, 6) is -0.288. The third kappa shape index (κ3) is 3.69. The van der Waals surface area contributed by atoms with Crippen LogP contribution in [0.4, 0.5) is 0 Å². The van der Waals surface area contributed by atoms with Crippen molar-refractivity contribution in [1.82, 2.24) is 4.90 Å². The van der Waals surface area contributed by atoms with E-state index in [9.17, 15) is 13.2 Å². The van der Waals surface area contributed by atoms with Crippen LogP contribution in [-0.2, 0) is 10.0 Å². The molecule has 1 rings (SSSR count). The molecule has 0 fully saturated rings. The Balaban J connectivity index is 3.19. The molecule has 18 heavy (non-hydrogen) atoms. The number of nitrogens with two attached hydrogens (primary N) is 1. The highest BCUT2D eigenvalue weighted by atomic mass is 35.5. The van der Waals surface area contributed by atoms with E-state index in [-0.39, 0.29) is 21.4 Å². The van der Waals surface area contributed by atoms with Gasteiger partial charge in [0, 0.05) is 24.2 Å². The molecule has 0 aliphatic rings. The zero-order valence-corrected chi connectivity index (χ0v) is 11.8.